The number of nitrogens with one attached hydrogen (secondary N) is 1. The topological polar surface area (TPSA) is 52.9 Å². The summed E-state index contributed by atoms with van der Waals surface area (Å²) in [4.78, 5) is 11.7. The van der Waals surface area contributed by atoms with E-state index in [0.29, 0.717) is 24.3 Å². The summed E-state index contributed by atoms with van der Waals surface area (Å²) in [5.41, 5.74) is 2.72. The molecule has 118 valence electrons. The molecule has 2 aromatic rings. The van der Waals surface area contributed by atoms with Gasteiger partial charge in [0.05, 0.1) is 17.4 Å². The highest BCUT2D eigenvalue weighted by Gasteiger charge is 2.02. The molecule has 1 N–H and O–H groups in total. The molecule has 3 nitrogen and oxygen atoms in total. The minimum absolute atomic E-state index is 0.00856. The molecule has 0 atom stereocenters. The van der Waals surface area contributed by atoms with E-state index >= 15 is 0 Å². The Balaban J connectivity index is 1.63. The number of hydrogen-bond donors (Lipinski definition) is 1. The normalized spacial score (nSPS) is 10.1. The SMILES string of the molecule is N#Cc1ccc(CSCC(=O)NCCc2ccc(F)cc2)cc1. The van der Waals surface area contributed by atoms with E-state index in [1.165, 1.54) is 23.9 Å². The van der Waals surface area contributed by atoms with Gasteiger partial charge in [-0.15, -0.1) is 11.8 Å². The van der Waals surface area contributed by atoms with Gasteiger partial charge in [-0.05, 0) is 41.8 Å². The van der Waals surface area contributed by atoms with Crippen molar-refractivity contribution in [3.05, 3.63) is 71.0 Å². The number of hydrogen-bond acceptors (Lipinski definition) is 3. The van der Waals surface area contributed by atoms with Crippen molar-refractivity contribution in [3.63, 3.8) is 0 Å². The minimum Gasteiger partial charge on any atom is -0.355 e. The van der Waals surface area contributed by atoms with Crippen molar-refractivity contribution in [3.8, 4) is 6.07 Å². The predicted octanol–water partition coefficient (Wildman–Crippen LogP) is 3.29. The summed E-state index contributed by atoms with van der Waals surface area (Å²) in [5, 5.41) is 11.6. The van der Waals surface area contributed by atoms with E-state index < -0.39 is 0 Å². The third-order valence-corrected chi connectivity index (χ3v) is 4.24. The van der Waals surface area contributed by atoms with Crippen molar-refractivity contribution in [2.24, 2.45) is 0 Å². The lowest BCUT2D eigenvalue weighted by Crippen LogP contribution is -2.27. The van der Waals surface area contributed by atoms with Gasteiger partial charge in [-0.1, -0.05) is 24.3 Å². The molecule has 0 aromatic heterocycles. The van der Waals surface area contributed by atoms with E-state index in [9.17, 15) is 9.18 Å². The van der Waals surface area contributed by atoms with E-state index in [2.05, 4.69) is 11.4 Å². The maximum Gasteiger partial charge on any atom is 0.230 e. The molecule has 0 radical (unpaired) electrons. The van der Waals surface area contributed by atoms with Crippen LogP contribution in [0.4, 0.5) is 4.39 Å². The third kappa shape index (κ3) is 6.13. The highest BCUT2D eigenvalue weighted by Crippen LogP contribution is 2.12. The summed E-state index contributed by atoms with van der Waals surface area (Å²) in [7, 11) is 0. The number of carbonyl (C=O) groups is 1. The average molecular weight is 328 g/mol. The molecule has 0 aliphatic carbocycles. The zero-order valence-corrected chi connectivity index (χ0v) is 13.4. The molecule has 0 fully saturated rings. The zero-order valence-electron chi connectivity index (χ0n) is 12.6. The van der Waals surface area contributed by atoms with Gasteiger partial charge in [0.1, 0.15) is 5.82 Å². The van der Waals surface area contributed by atoms with Gasteiger partial charge in [0, 0.05) is 12.3 Å². The number of rotatable bonds is 7. The number of nitrogens with zero attached hydrogens (tertiary/aromatic N) is 1. The molecule has 0 spiro atoms. The van der Waals surface area contributed by atoms with Gasteiger partial charge >= 0.3 is 0 Å². The second-order valence-corrected chi connectivity index (χ2v) is 6.01. The lowest BCUT2D eigenvalue weighted by molar-refractivity contribution is -0.118. The summed E-state index contributed by atoms with van der Waals surface area (Å²) in [6.45, 7) is 0.544. The lowest BCUT2D eigenvalue weighted by atomic mass is 10.1. The van der Waals surface area contributed by atoms with Crippen LogP contribution in [0.2, 0.25) is 0 Å². The van der Waals surface area contributed by atoms with Crippen LogP contribution in [0.15, 0.2) is 48.5 Å². The molecule has 0 heterocycles. The van der Waals surface area contributed by atoms with Gasteiger partial charge in [-0.2, -0.15) is 5.26 Å². The first-order valence-electron chi connectivity index (χ1n) is 7.25. The monoisotopic (exact) mass is 328 g/mol. The quantitative estimate of drug-likeness (QED) is 0.848. The van der Waals surface area contributed by atoms with Gasteiger partial charge in [0.25, 0.3) is 0 Å². The van der Waals surface area contributed by atoms with Crippen LogP contribution in [-0.4, -0.2) is 18.2 Å². The molecular formula is C18H17FN2OS. The Morgan fingerprint density at radius 1 is 1.09 bits per heavy atom. The number of halogens is 1. The predicted molar refractivity (Wildman–Crippen MR) is 90.4 cm³/mol. The highest BCUT2D eigenvalue weighted by molar-refractivity contribution is 7.99. The summed E-state index contributed by atoms with van der Waals surface area (Å²) in [6.07, 6.45) is 0.687. The smallest absolute Gasteiger partial charge is 0.230 e. The molecule has 1 amide bonds. The van der Waals surface area contributed by atoms with Crippen LogP contribution in [0.1, 0.15) is 16.7 Å². The van der Waals surface area contributed by atoms with E-state index in [1.54, 1.807) is 24.3 Å². The zero-order chi connectivity index (χ0) is 16.5. The molecule has 0 aliphatic heterocycles. The summed E-state index contributed by atoms with van der Waals surface area (Å²) in [5.74, 6) is 0.864. The van der Waals surface area contributed by atoms with Gasteiger partial charge in [0.15, 0.2) is 0 Å². The second kappa shape index (κ2) is 8.96. The van der Waals surface area contributed by atoms with Crippen molar-refractivity contribution >= 4 is 17.7 Å². The summed E-state index contributed by atoms with van der Waals surface area (Å²) < 4.78 is 12.8. The molecule has 0 saturated heterocycles. The average Bonchev–Trinajstić information content (AvgIpc) is 2.57. The molecule has 0 bridgehead atoms. The summed E-state index contributed by atoms with van der Waals surface area (Å²) >= 11 is 1.53. The van der Waals surface area contributed by atoms with Crippen molar-refractivity contribution in [1.29, 1.82) is 5.26 Å². The summed E-state index contributed by atoms with van der Waals surface area (Å²) in [6, 6.07) is 15.7. The van der Waals surface area contributed by atoms with Crippen LogP contribution in [0.5, 0.6) is 0 Å². The maximum absolute atomic E-state index is 12.8. The molecule has 2 aromatic carbocycles. The van der Waals surface area contributed by atoms with E-state index in [0.717, 1.165) is 16.9 Å². The number of benzene rings is 2. The Morgan fingerprint density at radius 2 is 1.74 bits per heavy atom. The molecular weight excluding hydrogens is 311 g/mol. The number of amides is 1. The standard InChI is InChI=1S/C18H17FN2OS/c19-17-7-5-14(6-8-17)9-10-21-18(22)13-23-12-16-3-1-15(11-20)2-4-16/h1-8H,9-10,12-13H2,(H,21,22). The first-order valence-corrected chi connectivity index (χ1v) is 8.41. The van der Waals surface area contributed by atoms with Gasteiger partial charge in [-0.25, -0.2) is 4.39 Å². The van der Waals surface area contributed by atoms with Crippen LogP contribution in [0.3, 0.4) is 0 Å². The molecule has 0 unspecified atom stereocenters. The number of carbonyl (C=O) groups excluding carboxylic acids is 1. The lowest BCUT2D eigenvalue weighted by Gasteiger charge is -2.06. The van der Waals surface area contributed by atoms with Crippen molar-refractivity contribution in [2.45, 2.75) is 12.2 Å². The fraction of sp³-hybridized carbons (Fsp3) is 0.222. The molecule has 23 heavy (non-hydrogen) atoms. The number of nitriles is 1. The molecule has 2 rings (SSSR count). The van der Waals surface area contributed by atoms with Gasteiger partial charge in [-0.3, -0.25) is 4.79 Å². The third-order valence-electron chi connectivity index (χ3n) is 3.23. The van der Waals surface area contributed by atoms with E-state index in [4.69, 9.17) is 5.26 Å². The van der Waals surface area contributed by atoms with Gasteiger partial charge in [0.2, 0.25) is 5.91 Å². The van der Waals surface area contributed by atoms with E-state index in [1.807, 2.05) is 12.1 Å². The van der Waals surface area contributed by atoms with E-state index in [-0.39, 0.29) is 11.7 Å². The van der Waals surface area contributed by atoms with Gasteiger partial charge < -0.3 is 5.32 Å². The van der Waals surface area contributed by atoms with Crippen LogP contribution in [-0.2, 0) is 17.0 Å². The van der Waals surface area contributed by atoms with Crippen molar-refractivity contribution in [1.82, 2.24) is 5.32 Å². The Hall–Kier alpha value is -2.32. The molecule has 0 aliphatic rings. The van der Waals surface area contributed by atoms with Crippen LogP contribution in [0, 0.1) is 17.1 Å². The maximum atomic E-state index is 12.8. The molecule has 0 saturated carbocycles. The van der Waals surface area contributed by atoms with Crippen LogP contribution >= 0.6 is 11.8 Å². The molecule has 5 heteroatoms. The first-order chi connectivity index (χ1) is 11.2. The fourth-order valence-corrected chi connectivity index (χ4v) is 2.80. The fourth-order valence-electron chi connectivity index (χ4n) is 1.99. The van der Waals surface area contributed by atoms with Crippen LogP contribution < -0.4 is 5.32 Å². The Labute approximate surface area is 139 Å². The van der Waals surface area contributed by atoms with Crippen molar-refractivity contribution in [2.75, 3.05) is 12.3 Å². The second-order valence-electron chi connectivity index (χ2n) is 5.03. The minimum atomic E-state index is -0.253. The number of thioether (sulfide) groups is 1. The van der Waals surface area contributed by atoms with Crippen LogP contribution in [0.25, 0.3) is 0 Å². The van der Waals surface area contributed by atoms with Crippen molar-refractivity contribution < 1.29 is 9.18 Å². The largest absolute Gasteiger partial charge is 0.355 e. The highest BCUT2D eigenvalue weighted by atomic mass is 32.2. The Bertz CT molecular complexity index is 678. The Morgan fingerprint density at radius 3 is 2.39 bits per heavy atom. The first kappa shape index (κ1) is 17.0. The Kier molecular flexibility index (Phi) is 6.64.